The van der Waals surface area contributed by atoms with Crippen molar-refractivity contribution >= 4 is 33.2 Å². The van der Waals surface area contributed by atoms with E-state index < -0.39 is 16.1 Å². The molecule has 4 nitrogen and oxygen atoms in total. The third-order valence-electron chi connectivity index (χ3n) is 2.40. The van der Waals surface area contributed by atoms with Gasteiger partial charge in [0.25, 0.3) is 0 Å². The van der Waals surface area contributed by atoms with Crippen molar-refractivity contribution in [1.29, 1.82) is 0 Å². The van der Waals surface area contributed by atoms with E-state index in [9.17, 15) is 8.42 Å². The van der Waals surface area contributed by atoms with Crippen LogP contribution in [-0.2, 0) is 10.0 Å². The second-order valence-electron chi connectivity index (χ2n) is 3.97. The maximum Gasteiger partial charge on any atom is 0.212 e. The van der Waals surface area contributed by atoms with Crippen molar-refractivity contribution in [2.24, 2.45) is 5.73 Å². The van der Waals surface area contributed by atoms with Crippen LogP contribution in [0.5, 0.6) is 0 Å². The van der Waals surface area contributed by atoms with Gasteiger partial charge in [0.15, 0.2) is 0 Å². The summed E-state index contributed by atoms with van der Waals surface area (Å²) in [6, 6.07) is 4.56. The summed E-state index contributed by atoms with van der Waals surface area (Å²) in [5, 5.41) is 0.957. The molecule has 1 rings (SSSR count). The van der Waals surface area contributed by atoms with Gasteiger partial charge in [-0.3, -0.25) is 0 Å². The number of hydrogen-bond acceptors (Lipinski definition) is 3. The number of rotatable bonds is 6. The molecule has 102 valence electrons. The summed E-state index contributed by atoms with van der Waals surface area (Å²) < 4.78 is 26.0. The molecule has 0 spiro atoms. The van der Waals surface area contributed by atoms with Crippen molar-refractivity contribution < 1.29 is 8.42 Å². The van der Waals surface area contributed by atoms with Gasteiger partial charge in [-0.1, -0.05) is 29.3 Å². The van der Waals surface area contributed by atoms with Gasteiger partial charge < -0.3 is 5.73 Å². The first-order valence-electron chi connectivity index (χ1n) is 5.51. The highest BCUT2D eigenvalue weighted by Gasteiger charge is 2.17. The van der Waals surface area contributed by atoms with Gasteiger partial charge in [0.2, 0.25) is 10.0 Å². The van der Waals surface area contributed by atoms with Crippen LogP contribution in [0.4, 0.5) is 0 Å². The molecule has 0 aliphatic carbocycles. The van der Waals surface area contributed by atoms with Gasteiger partial charge in [-0.2, -0.15) is 0 Å². The molecule has 3 N–H and O–H groups in total. The van der Waals surface area contributed by atoms with Gasteiger partial charge in [0, 0.05) is 16.1 Å². The van der Waals surface area contributed by atoms with Gasteiger partial charge in [-0.15, -0.1) is 0 Å². The molecule has 0 fully saturated rings. The predicted molar refractivity (Wildman–Crippen MR) is 75.5 cm³/mol. The number of benzene rings is 1. The van der Waals surface area contributed by atoms with E-state index in [-0.39, 0.29) is 5.75 Å². The number of nitrogens with one attached hydrogen (secondary N) is 1. The lowest BCUT2D eigenvalue weighted by atomic mass is 10.1. The molecule has 0 aromatic heterocycles. The smallest absolute Gasteiger partial charge is 0.212 e. The van der Waals surface area contributed by atoms with E-state index in [1.807, 2.05) is 0 Å². The van der Waals surface area contributed by atoms with Crippen LogP contribution < -0.4 is 10.5 Å². The number of hydrogen-bond donors (Lipinski definition) is 2. The zero-order valence-corrected chi connectivity index (χ0v) is 12.3. The molecule has 0 heterocycles. The molecule has 1 unspecified atom stereocenters. The second kappa shape index (κ2) is 6.73. The van der Waals surface area contributed by atoms with Gasteiger partial charge >= 0.3 is 0 Å². The summed E-state index contributed by atoms with van der Waals surface area (Å²) in [4.78, 5) is 0. The number of sulfonamides is 1. The first-order valence-corrected chi connectivity index (χ1v) is 7.91. The zero-order valence-electron chi connectivity index (χ0n) is 9.99. The minimum atomic E-state index is -3.34. The Bertz CT molecular complexity index is 506. The van der Waals surface area contributed by atoms with E-state index in [0.29, 0.717) is 28.6 Å². The first-order chi connectivity index (χ1) is 8.35. The number of halogens is 2. The summed E-state index contributed by atoms with van der Waals surface area (Å²) in [7, 11) is -3.34. The summed E-state index contributed by atoms with van der Waals surface area (Å²) in [5.41, 5.74) is 5.98. The van der Waals surface area contributed by atoms with E-state index in [1.165, 1.54) is 0 Å². The van der Waals surface area contributed by atoms with E-state index in [1.54, 1.807) is 25.1 Å². The van der Waals surface area contributed by atoms with Crippen LogP contribution in [-0.4, -0.2) is 20.7 Å². The van der Waals surface area contributed by atoms with Crippen LogP contribution in [0.25, 0.3) is 0 Å². The van der Waals surface area contributed by atoms with Crippen molar-refractivity contribution in [1.82, 2.24) is 4.72 Å². The van der Waals surface area contributed by atoms with Gasteiger partial charge in [0.05, 0.1) is 5.75 Å². The average Bonchev–Trinajstić information content (AvgIpc) is 2.25. The van der Waals surface area contributed by atoms with Crippen LogP contribution in [0.3, 0.4) is 0 Å². The lowest BCUT2D eigenvalue weighted by Gasteiger charge is -2.16. The van der Waals surface area contributed by atoms with Crippen LogP contribution in [0.15, 0.2) is 18.2 Å². The third kappa shape index (κ3) is 4.74. The Kier molecular flexibility index (Phi) is 5.88. The van der Waals surface area contributed by atoms with E-state index >= 15 is 0 Å². The third-order valence-corrected chi connectivity index (χ3v) is 4.50. The highest BCUT2D eigenvalue weighted by Crippen LogP contribution is 2.26. The molecule has 1 aromatic rings. The van der Waals surface area contributed by atoms with Gasteiger partial charge in [-0.05, 0) is 37.6 Å². The average molecular weight is 311 g/mol. The molecule has 0 aliphatic rings. The zero-order chi connectivity index (χ0) is 13.8. The van der Waals surface area contributed by atoms with Crippen LogP contribution in [0, 0.1) is 0 Å². The van der Waals surface area contributed by atoms with Crippen molar-refractivity contribution in [2.45, 2.75) is 19.4 Å². The SMILES string of the molecule is CC(NS(=O)(=O)CCCN)c1ccc(Cl)cc1Cl. The lowest BCUT2D eigenvalue weighted by molar-refractivity contribution is 0.564. The minimum absolute atomic E-state index is 0.0129. The van der Waals surface area contributed by atoms with Crippen molar-refractivity contribution in [3.05, 3.63) is 33.8 Å². The lowest BCUT2D eigenvalue weighted by Crippen LogP contribution is -2.30. The summed E-state index contributed by atoms with van der Waals surface area (Å²) in [5.74, 6) is 0.0129. The highest BCUT2D eigenvalue weighted by atomic mass is 35.5. The molecule has 1 aromatic carbocycles. The standard InChI is InChI=1S/C11H16Cl2N2O2S/c1-8(15-18(16,17)6-2-5-14)10-4-3-9(12)7-11(10)13/h3-4,7-8,15H,2,5-6,14H2,1H3. The molecule has 18 heavy (non-hydrogen) atoms. The fraction of sp³-hybridized carbons (Fsp3) is 0.455. The fourth-order valence-electron chi connectivity index (χ4n) is 1.52. The Morgan fingerprint density at radius 3 is 2.61 bits per heavy atom. The topological polar surface area (TPSA) is 72.2 Å². The predicted octanol–water partition coefficient (Wildman–Crippen LogP) is 2.32. The Hall–Kier alpha value is -0.330. The van der Waals surface area contributed by atoms with E-state index in [2.05, 4.69) is 4.72 Å². The normalized spacial score (nSPS) is 13.6. The Balaban J connectivity index is 2.79. The first kappa shape index (κ1) is 15.7. The molecule has 0 radical (unpaired) electrons. The Morgan fingerprint density at radius 1 is 1.39 bits per heavy atom. The van der Waals surface area contributed by atoms with E-state index in [0.717, 1.165) is 0 Å². The molecule has 7 heteroatoms. The van der Waals surface area contributed by atoms with Crippen molar-refractivity contribution in [2.75, 3.05) is 12.3 Å². The molecule has 1 atom stereocenters. The molecule has 0 aliphatic heterocycles. The molecule has 0 bridgehead atoms. The van der Waals surface area contributed by atoms with Crippen LogP contribution in [0.2, 0.25) is 10.0 Å². The van der Waals surface area contributed by atoms with Gasteiger partial charge in [-0.25, -0.2) is 13.1 Å². The van der Waals surface area contributed by atoms with E-state index in [4.69, 9.17) is 28.9 Å². The molecule has 0 saturated heterocycles. The minimum Gasteiger partial charge on any atom is -0.330 e. The quantitative estimate of drug-likeness (QED) is 0.847. The molecular weight excluding hydrogens is 295 g/mol. The van der Waals surface area contributed by atoms with Crippen molar-refractivity contribution in [3.8, 4) is 0 Å². The maximum absolute atomic E-state index is 11.7. The van der Waals surface area contributed by atoms with Crippen LogP contribution in [0.1, 0.15) is 24.9 Å². The second-order valence-corrected chi connectivity index (χ2v) is 6.68. The largest absolute Gasteiger partial charge is 0.330 e. The Morgan fingerprint density at radius 2 is 2.06 bits per heavy atom. The van der Waals surface area contributed by atoms with Crippen molar-refractivity contribution in [3.63, 3.8) is 0 Å². The van der Waals surface area contributed by atoms with Gasteiger partial charge in [0.1, 0.15) is 0 Å². The monoisotopic (exact) mass is 310 g/mol. The summed E-state index contributed by atoms with van der Waals surface area (Å²) in [6.07, 6.45) is 0.427. The number of nitrogens with two attached hydrogens (primary N) is 1. The summed E-state index contributed by atoms with van der Waals surface area (Å²) >= 11 is 11.8. The molecular formula is C11H16Cl2N2O2S. The fourth-order valence-corrected chi connectivity index (χ4v) is 3.42. The molecule has 0 amide bonds. The highest BCUT2D eigenvalue weighted by molar-refractivity contribution is 7.89. The van der Waals surface area contributed by atoms with Crippen LogP contribution >= 0.6 is 23.2 Å². The molecule has 0 saturated carbocycles. The summed E-state index contributed by atoms with van der Waals surface area (Å²) in [6.45, 7) is 2.08. The maximum atomic E-state index is 11.7. The Labute approximate surface area is 118 Å².